The van der Waals surface area contributed by atoms with E-state index < -0.39 is 0 Å². The van der Waals surface area contributed by atoms with Gasteiger partial charge in [-0.3, -0.25) is 4.79 Å². The molecule has 1 aromatic heterocycles. The van der Waals surface area contributed by atoms with Gasteiger partial charge in [0.15, 0.2) is 0 Å². The third-order valence-electron chi connectivity index (χ3n) is 3.63. The fourth-order valence-corrected chi connectivity index (χ4v) is 2.58. The zero-order chi connectivity index (χ0) is 12.0. The van der Waals surface area contributed by atoms with Crippen molar-refractivity contribution in [2.75, 3.05) is 0 Å². The van der Waals surface area contributed by atoms with Crippen molar-refractivity contribution in [1.29, 1.82) is 0 Å². The molecule has 2 nitrogen and oxygen atoms in total. The van der Waals surface area contributed by atoms with E-state index in [1.54, 1.807) is 0 Å². The van der Waals surface area contributed by atoms with Gasteiger partial charge in [-0.25, -0.2) is 0 Å². The Bertz CT molecular complexity index is 635. The Labute approximate surface area is 101 Å². The molecule has 1 aliphatic carbocycles. The molecule has 0 unspecified atom stereocenters. The Morgan fingerprint density at radius 1 is 1.29 bits per heavy atom. The third kappa shape index (κ3) is 1.68. The molecule has 0 spiro atoms. The van der Waals surface area contributed by atoms with Crippen molar-refractivity contribution in [1.82, 2.24) is 4.57 Å². The standard InChI is InChI=1S/C15H17NO/c1-3-16-14-7-4-10(2)8-13(14)12(9-15(16)17)11-5-6-11/h4,7-9,11H,3,5-6H2,1-2H3. The SMILES string of the molecule is CCn1c(=O)cc(C2CC2)c2cc(C)ccc21. The van der Waals surface area contributed by atoms with Crippen molar-refractivity contribution in [3.63, 3.8) is 0 Å². The number of hydrogen-bond acceptors (Lipinski definition) is 1. The van der Waals surface area contributed by atoms with Crippen molar-refractivity contribution >= 4 is 10.9 Å². The summed E-state index contributed by atoms with van der Waals surface area (Å²) in [5.74, 6) is 0.624. The molecule has 0 radical (unpaired) electrons. The van der Waals surface area contributed by atoms with E-state index in [4.69, 9.17) is 0 Å². The molecular formula is C15H17NO. The lowest BCUT2D eigenvalue weighted by atomic mass is 10.0. The molecule has 1 aromatic carbocycles. The molecule has 2 aromatic rings. The molecule has 0 N–H and O–H groups in total. The Hall–Kier alpha value is -1.57. The molecule has 3 rings (SSSR count). The van der Waals surface area contributed by atoms with Gasteiger partial charge in [0.2, 0.25) is 0 Å². The van der Waals surface area contributed by atoms with Gasteiger partial charge in [-0.05, 0) is 50.3 Å². The van der Waals surface area contributed by atoms with Crippen molar-refractivity contribution < 1.29 is 0 Å². The Kier molecular flexibility index (Phi) is 2.32. The highest BCUT2D eigenvalue weighted by molar-refractivity contribution is 5.84. The quantitative estimate of drug-likeness (QED) is 0.772. The maximum Gasteiger partial charge on any atom is 0.251 e. The van der Waals surface area contributed by atoms with Gasteiger partial charge in [0.1, 0.15) is 0 Å². The highest BCUT2D eigenvalue weighted by atomic mass is 16.1. The van der Waals surface area contributed by atoms with E-state index >= 15 is 0 Å². The number of aromatic nitrogens is 1. The zero-order valence-corrected chi connectivity index (χ0v) is 10.4. The van der Waals surface area contributed by atoms with Gasteiger partial charge in [0.25, 0.3) is 5.56 Å². The Morgan fingerprint density at radius 3 is 2.71 bits per heavy atom. The predicted molar refractivity (Wildman–Crippen MR) is 70.6 cm³/mol. The van der Waals surface area contributed by atoms with Crippen LogP contribution in [-0.2, 0) is 6.54 Å². The van der Waals surface area contributed by atoms with E-state index in [0.717, 1.165) is 12.1 Å². The highest BCUT2D eigenvalue weighted by Crippen LogP contribution is 2.42. The van der Waals surface area contributed by atoms with Crippen LogP contribution in [-0.4, -0.2) is 4.57 Å². The Morgan fingerprint density at radius 2 is 2.06 bits per heavy atom. The first-order valence-electron chi connectivity index (χ1n) is 6.35. The average Bonchev–Trinajstić information content (AvgIpc) is 3.12. The number of rotatable bonds is 2. The Balaban J connectivity index is 2.41. The maximum atomic E-state index is 12.1. The molecule has 1 fully saturated rings. The van der Waals surface area contributed by atoms with E-state index in [9.17, 15) is 4.79 Å². The smallest absolute Gasteiger partial charge is 0.251 e. The van der Waals surface area contributed by atoms with E-state index in [1.165, 1.54) is 29.4 Å². The second kappa shape index (κ2) is 3.73. The topological polar surface area (TPSA) is 22.0 Å². The molecule has 0 saturated heterocycles. The van der Waals surface area contributed by atoms with Gasteiger partial charge in [-0.1, -0.05) is 11.6 Å². The van der Waals surface area contributed by atoms with Crippen LogP contribution in [0.25, 0.3) is 10.9 Å². The molecule has 0 amide bonds. The fraction of sp³-hybridized carbons (Fsp3) is 0.400. The van der Waals surface area contributed by atoms with Crippen molar-refractivity contribution in [3.8, 4) is 0 Å². The van der Waals surface area contributed by atoms with Crippen LogP contribution >= 0.6 is 0 Å². The molecule has 2 heteroatoms. The molecule has 0 bridgehead atoms. The molecule has 0 atom stereocenters. The molecule has 88 valence electrons. The van der Waals surface area contributed by atoms with Gasteiger partial charge in [-0.2, -0.15) is 0 Å². The normalized spacial score (nSPS) is 15.4. The lowest BCUT2D eigenvalue weighted by Crippen LogP contribution is -2.19. The summed E-state index contributed by atoms with van der Waals surface area (Å²) in [6.07, 6.45) is 2.47. The lowest BCUT2D eigenvalue weighted by Gasteiger charge is -2.12. The second-order valence-electron chi connectivity index (χ2n) is 4.98. The van der Waals surface area contributed by atoms with Crippen molar-refractivity contribution in [2.24, 2.45) is 0 Å². The van der Waals surface area contributed by atoms with E-state index in [2.05, 4.69) is 25.1 Å². The van der Waals surface area contributed by atoms with Crippen LogP contribution in [0.15, 0.2) is 29.1 Å². The number of hydrogen-bond donors (Lipinski definition) is 0. The fourth-order valence-electron chi connectivity index (χ4n) is 2.58. The van der Waals surface area contributed by atoms with Gasteiger partial charge in [-0.15, -0.1) is 0 Å². The molecule has 0 aliphatic heterocycles. The minimum Gasteiger partial charge on any atom is -0.309 e. The minimum atomic E-state index is 0.144. The minimum absolute atomic E-state index is 0.144. The largest absolute Gasteiger partial charge is 0.309 e. The van der Waals surface area contributed by atoms with Crippen molar-refractivity contribution in [3.05, 3.63) is 45.7 Å². The van der Waals surface area contributed by atoms with E-state index in [0.29, 0.717) is 5.92 Å². The van der Waals surface area contributed by atoms with Crippen LogP contribution < -0.4 is 5.56 Å². The number of nitrogens with zero attached hydrogens (tertiary/aromatic N) is 1. The summed E-state index contributed by atoms with van der Waals surface area (Å²) in [4.78, 5) is 12.1. The van der Waals surface area contributed by atoms with Crippen molar-refractivity contribution in [2.45, 2.75) is 39.2 Å². The third-order valence-corrected chi connectivity index (χ3v) is 3.63. The summed E-state index contributed by atoms with van der Waals surface area (Å²) >= 11 is 0. The first kappa shape index (κ1) is 10.6. The van der Waals surface area contributed by atoms with Gasteiger partial charge < -0.3 is 4.57 Å². The highest BCUT2D eigenvalue weighted by Gasteiger charge is 2.26. The number of fused-ring (bicyclic) bond motifs is 1. The summed E-state index contributed by atoms with van der Waals surface area (Å²) in [5.41, 5.74) is 3.76. The molecule has 1 saturated carbocycles. The van der Waals surface area contributed by atoms with Crippen LogP contribution in [0.4, 0.5) is 0 Å². The summed E-state index contributed by atoms with van der Waals surface area (Å²) < 4.78 is 1.86. The van der Waals surface area contributed by atoms with Crippen LogP contribution in [0.3, 0.4) is 0 Å². The number of pyridine rings is 1. The summed E-state index contributed by atoms with van der Waals surface area (Å²) in [5, 5.41) is 1.27. The zero-order valence-electron chi connectivity index (χ0n) is 10.4. The van der Waals surface area contributed by atoms with E-state index in [-0.39, 0.29) is 5.56 Å². The average molecular weight is 227 g/mol. The van der Waals surface area contributed by atoms with Gasteiger partial charge in [0.05, 0.1) is 5.52 Å². The molecular weight excluding hydrogens is 210 g/mol. The predicted octanol–water partition coefficient (Wildman–Crippen LogP) is 3.21. The lowest BCUT2D eigenvalue weighted by molar-refractivity contribution is 0.757. The molecule has 1 aliphatic rings. The van der Waals surface area contributed by atoms with Crippen LogP contribution in [0, 0.1) is 6.92 Å². The first-order valence-corrected chi connectivity index (χ1v) is 6.35. The van der Waals surface area contributed by atoms with Crippen LogP contribution in [0.5, 0.6) is 0 Å². The monoisotopic (exact) mass is 227 g/mol. The number of aryl methyl sites for hydroxylation is 2. The summed E-state index contributed by atoms with van der Waals surface area (Å²) in [6.45, 7) is 4.87. The second-order valence-corrected chi connectivity index (χ2v) is 4.98. The maximum absolute atomic E-state index is 12.1. The first-order chi connectivity index (χ1) is 8.20. The van der Waals surface area contributed by atoms with Gasteiger partial charge in [0, 0.05) is 18.0 Å². The van der Waals surface area contributed by atoms with Crippen LogP contribution in [0.1, 0.15) is 36.8 Å². The molecule has 1 heterocycles. The van der Waals surface area contributed by atoms with Crippen LogP contribution in [0.2, 0.25) is 0 Å². The number of benzene rings is 1. The summed E-state index contributed by atoms with van der Waals surface area (Å²) in [7, 11) is 0. The summed E-state index contributed by atoms with van der Waals surface area (Å²) in [6, 6.07) is 8.24. The van der Waals surface area contributed by atoms with Gasteiger partial charge >= 0.3 is 0 Å². The molecule has 17 heavy (non-hydrogen) atoms. The van der Waals surface area contributed by atoms with E-state index in [1.807, 2.05) is 17.6 Å².